The third-order valence-corrected chi connectivity index (χ3v) is 3.36. The standard InChI is InChI=1S/C12H20N2O4/c15-11(16)3-6-14(10-1-2-10)12(17)13-9-4-7-18-8-5-9/h9-10H,1-8H2,(H,13,17)(H,15,16). The molecule has 2 aliphatic rings. The van der Waals surface area contributed by atoms with Gasteiger partial charge in [-0.3, -0.25) is 4.79 Å². The van der Waals surface area contributed by atoms with Gasteiger partial charge in [0.2, 0.25) is 0 Å². The van der Waals surface area contributed by atoms with E-state index in [0.29, 0.717) is 19.8 Å². The van der Waals surface area contributed by atoms with E-state index in [0.717, 1.165) is 25.7 Å². The summed E-state index contributed by atoms with van der Waals surface area (Å²) < 4.78 is 5.24. The first-order valence-electron chi connectivity index (χ1n) is 6.53. The van der Waals surface area contributed by atoms with Crippen molar-refractivity contribution in [2.24, 2.45) is 0 Å². The second kappa shape index (κ2) is 6.04. The summed E-state index contributed by atoms with van der Waals surface area (Å²) in [5.74, 6) is -0.862. The van der Waals surface area contributed by atoms with E-state index in [4.69, 9.17) is 9.84 Å². The van der Waals surface area contributed by atoms with Crippen LogP contribution >= 0.6 is 0 Å². The molecule has 2 fully saturated rings. The predicted molar refractivity (Wildman–Crippen MR) is 64.4 cm³/mol. The zero-order valence-electron chi connectivity index (χ0n) is 10.4. The van der Waals surface area contributed by atoms with Crippen LogP contribution in [0.5, 0.6) is 0 Å². The van der Waals surface area contributed by atoms with E-state index in [2.05, 4.69) is 5.32 Å². The van der Waals surface area contributed by atoms with Crippen molar-refractivity contribution in [2.45, 2.75) is 44.2 Å². The molecule has 1 aliphatic carbocycles. The Hall–Kier alpha value is -1.30. The lowest BCUT2D eigenvalue weighted by molar-refractivity contribution is -0.137. The third-order valence-electron chi connectivity index (χ3n) is 3.36. The Labute approximate surface area is 106 Å². The number of nitrogens with zero attached hydrogens (tertiary/aromatic N) is 1. The summed E-state index contributed by atoms with van der Waals surface area (Å²) in [6.45, 7) is 1.67. The number of carboxylic acid groups (broad SMARTS) is 1. The summed E-state index contributed by atoms with van der Waals surface area (Å²) in [5.41, 5.74) is 0. The summed E-state index contributed by atoms with van der Waals surface area (Å²) in [4.78, 5) is 24.3. The van der Waals surface area contributed by atoms with Crippen LogP contribution in [0.1, 0.15) is 32.1 Å². The molecule has 1 saturated carbocycles. The highest BCUT2D eigenvalue weighted by Gasteiger charge is 2.33. The fraction of sp³-hybridized carbons (Fsp3) is 0.833. The van der Waals surface area contributed by atoms with Crippen LogP contribution in [0.2, 0.25) is 0 Å². The van der Waals surface area contributed by atoms with Crippen molar-refractivity contribution in [1.82, 2.24) is 10.2 Å². The zero-order chi connectivity index (χ0) is 13.0. The lowest BCUT2D eigenvalue weighted by Crippen LogP contribution is -2.48. The molecule has 0 atom stereocenters. The van der Waals surface area contributed by atoms with Crippen molar-refractivity contribution < 1.29 is 19.4 Å². The van der Waals surface area contributed by atoms with Crippen molar-refractivity contribution in [2.75, 3.05) is 19.8 Å². The van der Waals surface area contributed by atoms with Crippen LogP contribution in [0.4, 0.5) is 4.79 Å². The van der Waals surface area contributed by atoms with Gasteiger partial charge in [-0.05, 0) is 25.7 Å². The van der Waals surface area contributed by atoms with E-state index in [1.54, 1.807) is 4.90 Å². The van der Waals surface area contributed by atoms with Crippen molar-refractivity contribution >= 4 is 12.0 Å². The molecular weight excluding hydrogens is 236 g/mol. The third kappa shape index (κ3) is 3.87. The van der Waals surface area contributed by atoms with E-state index >= 15 is 0 Å². The molecule has 0 aromatic heterocycles. The molecule has 6 nitrogen and oxygen atoms in total. The summed E-state index contributed by atoms with van der Waals surface area (Å²) in [5, 5.41) is 11.7. The first-order valence-corrected chi connectivity index (χ1v) is 6.53. The van der Waals surface area contributed by atoms with Crippen molar-refractivity contribution in [3.63, 3.8) is 0 Å². The fourth-order valence-corrected chi connectivity index (χ4v) is 2.15. The largest absolute Gasteiger partial charge is 0.481 e. The number of rotatable bonds is 5. The van der Waals surface area contributed by atoms with Crippen LogP contribution in [-0.4, -0.2) is 53.8 Å². The molecule has 1 aliphatic heterocycles. The molecule has 0 aromatic rings. The van der Waals surface area contributed by atoms with Crippen LogP contribution in [0, 0.1) is 0 Å². The fourth-order valence-electron chi connectivity index (χ4n) is 2.15. The molecular formula is C12H20N2O4. The Morgan fingerprint density at radius 3 is 2.44 bits per heavy atom. The molecule has 0 spiro atoms. The predicted octanol–water partition coefficient (Wildman–Crippen LogP) is 0.814. The molecule has 0 bridgehead atoms. The number of carboxylic acids is 1. The van der Waals surface area contributed by atoms with Gasteiger partial charge < -0.3 is 20.1 Å². The second-order valence-corrected chi connectivity index (χ2v) is 4.90. The van der Waals surface area contributed by atoms with E-state index in [1.165, 1.54) is 0 Å². The molecule has 1 saturated heterocycles. The van der Waals surface area contributed by atoms with Crippen LogP contribution in [0.15, 0.2) is 0 Å². The van der Waals surface area contributed by atoms with Gasteiger partial charge >= 0.3 is 12.0 Å². The minimum Gasteiger partial charge on any atom is -0.481 e. The van der Waals surface area contributed by atoms with Crippen molar-refractivity contribution in [1.29, 1.82) is 0 Å². The Morgan fingerprint density at radius 2 is 1.89 bits per heavy atom. The van der Waals surface area contributed by atoms with E-state index in [-0.39, 0.29) is 24.5 Å². The average Bonchev–Trinajstić information content (AvgIpc) is 3.14. The number of carbonyl (C=O) groups excluding carboxylic acids is 1. The van der Waals surface area contributed by atoms with Gasteiger partial charge in [0.25, 0.3) is 0 Å². The van der Waals surface area contributed by atoms with Crippen LogP contribution in [0.25, 0.3) is 0 Å². The van der Waals surface area contributed by atoms with Crippen LogP contribution < -0.4 is 5.32 Å². The van der Waals surface area contributed by atoms with Gasteiger partial charge in [-0.15, -0.1) is 0 Å². The van der Waals surface area contributed by atoms with Crippen molar-refractivity contribution in [3.8, 4) is 0 Å². The maximum Gasteiger partial charge on any atom is 0.317 e. The Bertz CT molecular complexity index is 311. The molecule has 1 heterocycles. The normalized spacial score (nSPS) is 20.4. The summed E-state index contributed by atoms with van der Waals surface area (Å²) in [6, 6.07) is 0.284. The van der Waals surface area contributed by atoms with Gasteiger partial charge in [0.1, 0.15) is 0 Å². The lowest BCUT2D eigenvalue weighted by atomic mass is 10.1. The number of hydrogen-bond donors (Lipinski definition) is 2. The monoisotopic (exact) mass is 256 g/mol. The SMILES string of the molecule is O=C(O)CCN(C(=O)NC1CCOCC1)C1CC1. The quantitative estimate of drug-likeness (QED) is 0.763. The Kier molecular flexibility index (Phi) is 4.41. The molecule has 102 valence electrons. The topological polar surface area (TPSA) is 78.9 Å². The molecule has 0 aromatic carbocycles. The number of urea groups is 1. The molecule has 2 rings (SSSR count). The maximum atomic E-state index is 12.1. The van der Waals surface area contributed by atoms with Crippen LogP contribution in [0.3, 0.4) is 0 Å². The summed E-state index contributed by atoms with van der Waals surface area (Å²) in [7, 11) is 0. The lowest BCUT2D eigenvalue weighted by Gasteiger charge is -2.28. The molecule has 6 heteroatoms. The van der Waals surface area contributed by atoms with Gasteiger partial charge in [-0.2, -0.15) is 0 Å². The number of ether oxygens (including phenoxy) is 1. The molecule has 2 N–H and O–H groups in total. The number of nitrogens with one attached hydrogen (secondary N) is 1. The second-order valence-electron chi connectivity index (χ2n) is 4.90. The highest BCUT2D eigenvalue weighted by Crippen LogP contribution is 2.27. The van der Waals surface area contributed by atoms with E-state index in [9.17, 15) is 9.59 Å². The highest BCUT2D eigenvalue weighted by atomic mass is 16.5. The smallest absolute Gasteiger partial charge is 0.317 e. The number of amides is 2. The molecule has 2 amide bonds. The first-order chi connectivity index (χ1) is 8.66. The van der Waals surface area contributed by atoms with Gasteiger partial charge in [-0.25, -0.2) is 4.79 Å². The molecule has 18 heavy (non-hydrogen) atoms. The molecule has 0 unspecified atom stereocenters. The van der Waals surface area contributed by atoms with Crippen LogP contribution in [-0.2, 0) is 9.53 Å². The number of carbonyl (C=O) groups is 2. The Morgan fingerprint density at radius 1 is 1.22 bits per heavy atom. The highest BCUT2D eigenvalue weighted by molar-refractivity contribution is 5.76. The van der Waals surface area contributed by atoms with E-state index in [1.807, 2.05) is 0 Å². The average molecular weight is 256 g/mol. The molecule has 0 radical (unpaired) electrons. The maximum absolute atomic E-state index is 12.1. The number of hydrogen-bond acceptors (Lipinski definition) is 3. The minimum absolute atomic E-state index is 0.0116. The van der Waals surface area contributed by atoms with Gasteiger partial charge in [0, 0.05) is 31.8 Å². The van der Waals surface area contributed by atoms with Gasteiger partial charge in [0.15, 0.2) is 0 Å². The van der Waals surface area contributed by atoms with Gasteiger partial charge in [0.05, 0.1) is 6.42 Å². The summed E-state index contributed by atoms with van der Waals surface area (Å²) in [6.07, 6.45) is 3.66. The van der Waals surface area contributed by atoms with E-state index < -0.39 is 5.97 Å². The first kappa shape index (κ1) is 13.1. The number of aliphatic carboxylic acids is 1. The Balaban J connectivity index is 1.81. The zero-order valence-corrected chi connectivity index (χ0v) is 10.4. The van der Waals surface area contributed by atoms with Crippen molar-refractivity contribution in [3.05, 3.63) is 0 Å². The minimum atomic E-state index is -0.862. The van der Waals surface area contributed by atoms with Gasteiger partial charge in [-0.1, -0.05) is 0 Å². The summed E-state index contributed by atoms with van der Waals surface area (Å²) >= 11 is 0.